The van der Waals surface area contributed by atoms with E-state index in [2.05, 4.69) is 30.9 Å². The van der Waals surface area contributed by atoms with Gasteiger partial charge in [-0.15, -0.1) is 0 Å². The molecule has 3 heteroatoms. The number of ether oxygens (including phenoxy) is 1. The lowest BCUT2D eigenvalue weighted by Crippen LogP contribution is -2.49. The maximum absolute atomic E-state index is 5.98. The van der Waals surface area contributed by atoms with E-state index in [9.17, 15) is 0 Å². The highest BCUT2D eigenvalue weighted by molar-refractivity contribution is 5.29. The smallest absolute Gasteiger partial charge is 0.118 e. The number of piperidine rings is 1. The van der Waals surface area contributed by atoms with Crippen LogP contribution in [0.3, 0.4) is 0 Å². The Morgan fingerprint density at radius 3 is 2.63 bits per heavy atom. The summed E-state index contributed by atoms with van der Waals surface area (Å²) in [6.07, 6.45) is 2.58. The number of likely N-dealkylation sites (tertiary alicyclic amines) is 1. The number of hydrogen-bond acceptors (Lipinski definition) is 3. The van der Waals surface area contributed by atoms with Gasteiger partial charge in [-0.3, -0.25) is 4.90 Å². The van der Waals surface area contributed by atoms with Gasteiger partial charge in [0, 0.05) is 18.6 Å². The van der Waals surface area contributed by atoms with E-state index in [0.29, 0.717) is 18.0 Å². The van der Waals surface area contributed by atoms with E-state index < -0.39 is 0 Å². The maximum Gasteiger partial charge on any atom is 0.118 e. The molecular weight excluding hydrogens is 236 g/mol. The van der Waals surface area contributed by atoms with Crippen LogP contribution in [0.4, 0.5) is 0 Å². The lowest BCUT2D eigenvalue weighted by atomic mass is 9.88. The van der Waals surface area contributed by atoms with Crippen molar-refractivity contribution >= 4 is 0 Å². The van der Waals surface area contributed by atoms with Crippen molar-refractivity contribution in [2.75, 3.05) is 20.2 Å². The first-order valence-electron chi connectivity index (χ1n) is 7.27. The highest BCUT2D eigenvalue weighted by Gasteiger charge is 2.30. The normalized spacial score (nSPS) is 26.1. The molecule has 0 saturated carbocycles. The Hall–Kier alpha value is -1.06. The molecule has 1 fully saturated rings. The predicted octanol–water partition coefficient (Wildman–Crippen LogP) is 2.82. The number of hydrogen-bond donors (Lipinski definition) is 1. The van der Waals surface area contributed by atoms with E-state index in [4.69, 9.17) is 10.5 Å². The molecule has 1 aromatic carbocycles. The molecule has 1 saturated heterocycles. The number of rotatable bonds is 4. The third kappa shape index (κ3) is 3.10. The molecule has 1 aromatic rings. The van der Waals surface area contributed by atoms with Crippen LogP contribution in [0.25, 0.3) is 0 Å². The second-order valence-corrected chi connectivity index (χ2v) is 5.61. The Morgan fingerprint density at radius 1 is 1.37 bits per heavy atom. The summed E-state index contributed by atoms with van der Waals surface area (Å²) in [5.41, 5.74) is 7.32. The topological polar surface area (TPSA) is 38.5 Å². The van der Waals surface area contributed by atoms with Gasteiger partial charge < -0.3 is 10.5 Å². The fourth-order valence-corrected chi connectivity index (χ4v) is 3.20. The summed E-state index contributed by atoms with van der Waals surface area (Å²) in [5, 5.41) is 0. The molecule has 106 valence electrons. The average Bonchev–Trinajstić information content (AvgIpc) is 2.46. The minimum Gasteiger partial charge on any atom is -0.497 e. The molecule has 2 rings (SSSR count). The van der Waals surface area contributed by atoms with Gasteiger partial charge in [0.15, 0.2) is 0 Å². The standard InChI is InChI=1S/C16H26N2O/c1-12-5-4-10-18(16(12)11-17)13(2)14-6-8-15(19-3)9-7-14/h6-9,12-13,16H,4-5,10-11,17H2,1-3H3. The van der Waals surface area contributed by atoms with E-state index in [1.165, 1.54) is 18.4 Å². The predicted molar refractivity (Wildman–Crippen MR) is 79.4 cm³/mol. The van der Waals surface area contributed by atoms with Crippen molar-refractivity contribution in [3.05, 3.63) is 29.8 Å². The molecule has 1 aliphatic rings. The van der Waals surface area contributed by atoms with Gasteiger partial charge in [0.2, 0.25) is 0 Å². The fraction of sp³-hybridized carbons (Fsp3) is 0.625. The molecule has 0 bridgehead atoms. The molecule has 0 aliphatic carbocycles. The Kier molecular flexibility index (Phi) is 4.83. The summed E-state index contributed by atoms with van der Waals surface area (Å²) in [6.45, 7) is 6.51. The number of nitrogens with zero attached hydrogens (tertiary/aromatic N) is 1. The van der Waals surface area contributed by atoms with Gasteiger partial charge in [0.1, 0.15) is 5.75 Å². The van der Waals surface area contributed by atoms with Crippen LogP contribution >= 0.6 is 0 Å². The van der Waals surface area contributed by atoms with Crippen LogP contribution in [-0.2, 0) is 0 Å². The first-order chi connectivity index (χ1) is 9.17. The van der Waals surface area contributed by atoms with E-state index in [0.717, 1.165) is 18.8 Å². The molecule has 3 nitrogen and oxygen atoms in total. The molecule has 3 atom stereocenters. The average molecular weight is 262 g/mol. The summed E-state index contributed by atoms with van der Waals surface area (Å²) in [4.78, 5) is 2.57. The molecule has 0 spiro atoms. The second-order valence-electron chi connectivity index (χ2n) is 5.61. The zero-order valence-electron chi connectivity index (χ0n) is 12.3. The van der Waals surface area contributed by atoms with E-state index in [1.54, 1.807) is 7.11 Å². The zero-order chi connectivity index (χ0) is 13.8. The van der Waals surface area contributed by atoms with Crippen LogP contribution in [0.5, 0.6) is 5.75 Å². The molecule has 0 radical (unpaired) electrons. The summed E-state index contributed by atoms with van der Waals surface area (Å²) in [6, 6.07) is 9.33. The third-order valence-electron chi connectivity index (χ3n) is 4.50. The van der Waals surface area contributed by atoms with E-state index in [1.807, 2.05) is 12.1 Å². The van der Waals surface area contributed by atoms with Gasteiger partial charge in [-0.1, -0.05) is 19.1 Å². The summed E-state index contributed by atoms with van der Waals surface area (Å²) >= 11 is 0. The van der Waals surface area contributed by atoms with E-state index >= 15 is 0 Å². The van der Waals surface area contributed by atoms with Crippen molar-refractivity contribution in [2.24, 2.45) is 11.7 Å². The lowest BCUT2D eigenvalue weighted by Gasteiger charge is -2.43. The van der Waals surface area contributed by atoms with E-state index in [-0.39, 0.29) is 0 Å². The number of benzene rings is 1. The molecule has 1 aliphatic heterocycles. The molecule has 3 unspecified atom stereocenters. The van der Waals surface area contributed by atoms with Crippen LogP contribution in [-0.4, -0.2) is 31.1 Å². The zero-order valence-corrected chi connectivity index (χ0v) is 12.3. The van der Waals surface area contributed by atoms with Crippen LogP contribution < -0.4 is 10.5 Å². The first kappa shape index (κ1) is 14.4. The minimum absolute atomic E-state index is 0.419. The molecule has 2 N–H and O–H groups in total. The van der Waals surface area contributed by atoms with Crippen molar-refractivity contribution < 1.29 is 4.74 Å². The molecule has 1 heterocycles. The lowest BCUT2D eigenvalue weighted by molar-refractivity contribution is 0.0689. The summed E-state index contributed by atoms with van der Waals surface area (Å²) in [7, 11) is 1.70. The van der Waals surface area contributed by atoms with Crippen LogP contribution in [0, 0.1) is 5.92 Å². The highest BCUT2D eigenvalue weighted by atomic mass is 16.5. The van der Waals surface area contributed by atoms with Crippen molar-refractivity contribution in [2.45, 2.75) is 38.8 Å². The monoisotopic (exact) mass is 262 g/mol. The van der Waals surface area contributed by atoms with Gasteiger partial charge in [-0.05, 0) is 49.9 Å². The van der Waals surface area contributed by atoms with Gasteiger partial charge in [-0.25, -0.2) is 0 Å². The summed E-state index contributed by atoms with van der Waals surface area (Å²) in [5.74, 6) is 1.61. The third-order valence-corrected chi connectivity index (χ3v) is 4.50. The Morgan fingerprint density at radius 2 is 2.05 bits per heavy atom. The van der Waals surface area contributed by atoms with Crippen LogP contribution in [0.15, 0.2) is 24.3 Å². The van der Waals surface area contributed by atoms with Crippen molar-refractivity contribution in [1.29, 1.82) is 0 Å². The van der Waals surface area contributed by atoms with Gasteiger partial charge >= 0.3 is 0 Å². The molecule has 0 aromatic heterocycles. The van der Waals surface area contributed by atoms with Gasteiger partial charge in [0.05, 0.1) is 7.11 Å². The SMILES string of the molecule is COc1ccc(C(C)N2CCCC(C)C2CN)cc1. The first-order valence-corrected chi connectivity index (χ1v) is 7.27. The van der Waals surface area contributed by atoms with Crippen molar-refractivity contribution in [3.8, 4) is 5.75 Å². The Bertz CT molecular complexity index is 390. The van der Waals surface area contributed by atoms with Gasteiger partial charge in [0.25, 0.3) is 0 Å². The summed E-state index contributed by atoms with van der Waals surface area (Å²) < 4.78 is 5.22. The largest absolute Gasteiger partial charge is 0.497 e. The fourth-order valence-electron chi connectivity index (χ4n) is 3.20. The highest BCUT2D eigenvalue weighted by Crippen LogP contribution is 2.31. The minimum atomic E-state index is 0.419. The quantitative estimate of drug-likeness (QED) is 0.907. The molecular formula is C16H26N2O. The number of nitrogens with two attached hydrogens (primary N) is 1. The Balaban J connectivity index is 2.14. The van der Waals surface area contributed by atoms with Crippen molar-refractivity contribution in [1.82, 2.24) is 4.90 Å². The molecule has 19 heavy (non-hydrogen) atoms. The van der Waals surface area contributed by atoms with Gasteiger partial charge in [-0.2, -0.15) is 0 Å². The molecule has 0 amide bonds. The van der Waals surface area contributed by atoms with Crippen LogP contribution in [0.1, 0.15) is 38.3 Å². The number of methoxy groups -OCH3 is 1. The van der Waals surface area contributed by atoms with Crippen LogP contribution in [0.2, 0.25) is 0 Å². The maximum atomic E-state index is 5.98. The second kappa shape index (κ2) is 6.40. The van der Waals surface area contributed by atoms with Crippen molar-refractivity contribution in [3.63, 3.8) is 0 Å². The Labute approximate surface area is 116 Å².